The molecule has 0 aliphatic carbocycles. The van der Waals surface area contributed by atoms with E-state index in [-0.39, 0.29) is 0 Å². The molecule has 10 rings (SSSR count). The maximum absolute atomic E-state index is 5.34. The van der Waals surface area contributed by atoms with Crippen molar-refractivity contribution in [1.29, 1.82) is 0 Å². The third kappa shape index (κ3) is 3.29. The highest BCUT2D eigenvalue weighted by Crippen LogP contribution is 2.43. The normalized spacial score (nSPS) is 12.2. The largest absolute Gasteiger partial charge is 0.278 e. The van der Waals surface area contributed by atoms with Crippen LogP contribution in [0.2, 0.25) is 0 Å². The van der Waals surface area contributed by atoms with Gasteiger partial charge in [0.05, 0.1) is 26.9 Å². The zero-order valence-electron chi connectivity index (χ0n) is 22.8. The van der Waals surface area contributed by atoms with Crippen molar-refractivity contribution in [2.24, 2.45) is 0 Å². The van der Waals surface area contributed by atoms with E-state index in [0.717, 1.165) is 32.5 Å². The number of benzene rings is 6. The van der Waals surface area contributed by atoms with Crippen molar-refractivity contribution in [3.05, 3.63) is 127 Å². The van der Waals surface area contributed by atoms with Gasteiger partial charge in [-0.1, -0.05) is 91.0 Å². The molecular formula is C38H21N3S2. The molecule has 0 aliphatic rings. The van der Waals surface area contributed by atoms with Crippen LogP contribution in [-0.2, 0) is 0 Å². The highest BCUT2D eigenvalue weighted by molar-refractivity contribution is 7.26. The fraction of sp³-hybridized carbons (Fsp3) is 0. The number of aromatic nitrogens is 3. The van der Waals surface area contributed by atoms with Crippen molar-refractivity contribution in [2.45, 2.75) is 0 Å². The Bertz CT molecular complexity index is 2730. The Morgan fingerprint density at radius 2 is 1.21 bits per heavy atom. The monoisotopic (exact) mass is 583 g/mol. The van der Waals surface area contributed by atoms with Crippen LogP contribution >= 0.6 is 22.7 Å². The molecule has 4 heterocycles. The van der Waals surface area contributed by atoms with E-state index in [4.69, 9.17) is 9.97 Å². The average Bonchev–Trinajstić information content (AvgIpc) is 3.73. The standard InChI is InChI=1S/C38H21N3S2/c1-2-10-22(11-3-1)35-37-36(26-14-6-9-17-32(26)43-37)40-38(39-35)41-29-15-7-4-12-24(29)28-21-27-23(20-30(28)41)18-19-33-34(27)25-13-5-8-16-31(25)42-33/h1-21H. The highest BCUT2D eigenvalue weighted by atomic mass is 32.1. The fourth-order valence-corrected chi connectivity index (χ4v) is 8.97. The van der Waals surface area contributed by atoms with Gasteiger partial charge in [0.1, 0.15) is 0 Å². The van der Waals surface area contributed by atoms with E-state index >= 15 is 0 Å². The summed E-state index contributed by atoms with van der Waals surface area (Å²) < 4.78 is 7.25. The van der Waals surface area contributed by atoms with Gasteiger partial charge in [-0.3, -0.25) is 4.57 Å². The predicted molar refractivity (Wildman–Crippen MR) is 185 cm³/mol. The van der Waals surface area contributed by atoms with Crippen molar-refractivity contribution in [3.63, 3.8) is 0 Å². The number of nitrogens with zero attached hydrogens (tertiary/aromatic N) is 3. The van der Waals surface area contributed by atoms with E-state index < -0.39 is 0 Å². The second-order valence-electron chi connectivity index (χ2n) is 11.0. The lowest BCUT2D eigenvalue weighted by molar-refractivity contribution is 1.02. The minimum atomic E-state index is 0.697. The molecule has 0 aliphatic heterocycles. The molecule has 5 heteroatoms. The van der Waals surface area contributed by atoms with Gasteiger partial charge >= 0.3 is 0 Å². The first-order valence-electron chi connectivity index (χ1n) is 14.3. The van der Waals surface area contributed by atoms with Gasteiger partial charge in [0.25, 0.3) is 0 Å². The molecule has 0 saturated carbocycles. The molecule has 4 aromatic heterocycles. The van der Waals surface area contributed by atoms with Gasteiger partial charge in [-0.15, -0.1) is 22.7 Å². The van der Waals surface area contributed by atoms with Gasteiger partial charge in [-0.05, 0) is 47.2 Å². The molecular weight excluding hydrogens is 563 g/mol. The Morgan fingerprint density at radius 3 is 2.07 bits per heavy atom. The maximum atomic E-state index is 5.34. The minimum absolute atomic E-state index is 0.697. The Hall–Kier alpha value is -5.10. The van der Waals surface area contributed by atoms with Crippen LogP contribution in [0.1, 0.15) is 0 Å². The molecule has 10 aromatic rings. The first kappa shape index (κ1) is 23.5. The number of fused-ring (bicyclic) bond motifs is 11. The Balaban J connectivity index is 1.35. The Labute approximate surface area is 253 Å². The summed E-state index contributed by atoms with van der Waals surface area (Å²) in [6.07, 6.45) is 0. The van der Waals surface area contributed by atoms with Crippen LogP contribution in [0, 0.1) is 0 Å². The van der Waals surface area contributed by atoms with E-state index in [1.165, 1.54) is 51.8 Å². The van der Waals surface area contributed by atoms with Crippen molar-refractivity contribution < 1.29 is 0 Å². The summed E-state index contributed by atoms with van der Waals surface area (Å²) in [4.78, 5) is 10.7. The quantitative estimate of drug-likeness (QED) is 0.203. The van der Waals surface area contributed by atoms with E-state index in [0.29, 0.717) is 5.95 Å². The Kier molecular flexibility index (Phi) is 4.75. The molecule has 0 unspecified atom stereocenters. The number of thiophene rings is 2. The van der Waals surface area contributed by atoms with Gasteiger partial charge < -0.3 is 0 Å². The summed E-state index contributed by atoms with van der Waals surface area (Å²) in [6.45, 7) is 0. The molecule has 0 N–H and O–H groups in total. The van der Waals surface area contributed by atoms with Gasteiger partial charge in [0.2, 0.25) is 5.95 Å². The molecule has 6 aromatic carbocycles. The molecule has 0 saturated heterocycles. The summed E-state index contributed by atoms with van der Waals surface area (Å²) >= 11 is 3.63. The van der Waals surface area contributed by atoms with Gasteiger partial charge in [0, 0.05) is 46.6 Å². The molecule has 0 fully saturated rings. The van der Waals surface area contributed by atoms with Gasteiger partial charge in [-0.25, -0.2) is 9.97 Å². The predicted octanol–water partition coefficient (Wildman–Crippen LogP) is 11.1. The first-order chi connectivity index (χ1) is 21.3. The van der Waals surface area contributed by atoms with E-state index in [1.807, 2.05) is 11.3 Å². The van der Waals surface area contributed by atoms with E-state index in [2.05, 4.69) is 132 Å². The van der Waals surface area contributed by atoms with Gasteiger partial charge in [-0.2, -0.15) is 0 Å². The summed E-state index contributed by atoms with van der Waals surface area (Å²) in [6, 6.07) is 45.7. The molecule has 0 radical (unpaired) electrons. The van der Waals surface area contributed by atoms with Crippen LogP contribution in [-0.4, -0.2) is 14.5 Å². The molecule has 0 spiro atoms. The van der Waals surface area contributed by atoms with Crippen molar-refractivity contribution in [1.82, 2.24) is 14.5 Å². The summed E-state index contributed by atoms with van der Waals surface area (Å²) in [5.74, 6) is 0.697. The molecule has 43 heavy (non-hydrogen) atoms. The Morgan fingerprint density at radius 1 is 0.488 bits per heavy atom. The van der Waals surface area contributed by atoms with Crippen molar-refractivity contribution in [2.75, 3.05) is 0 Å². The molecule has 0 atom stereocenters. The van der Waals surface area contributed by atoms with Crippen LogP contribution in [0.4, 0.5) is 0 Å². The molecule has 3 nitrogen and oxygen atoms in total. The summed E-state index contributed by atoms with van der Waals surface area (Å²) in [5, 5.41) is 8.75. The summed E-state index contributed by atoms with van der Waals surface area (Å²) in [7, 11) is 0. The maximum Gasteiger partial charge on any atom is 0.235 e. The smallest absolute Gasteiger partial charge is 0.235 e. The first-order valence-corrected chi connectivity index (χ1v) is 16.0. The third-order valence-electron chi connectivity index (χ3n) is 8.61. The second kappa shape index (κ2) is 8.71. The molecule has 0 amide bonds. The average molecular weight is 584 g/mol. The number of hydrogen-bond acceptors (Lipinski definition) is 4. The molecule has 200 valence electrons. The van der Waals surface area contributed by atoms with Crippen LogP contribution in [0.3, 0.4) is 0 Å². The minimum Gasteiger partial charge on any atom is -0.278 e. The SMILES string of the molecule is c1ccc(-c2nc(-n3c4ccccc4c4cc5c(ccc6sc7ccccc7c65)cc43)nc3c2sc2ccccc23)cc1. The zero-order valence-corrected chi connectivity index (χ0v) is 24.4. The highest BCUT2D eigenvalue weighted by Gasteiger charge is 2.21. The lowest BCUT2D eigenvalue weighted by Gasteiger charge is -2.10. The fourth-order valence-electron chi connectivity index (χ4n) is 6.70. The van der Waals surface area contributed by atoms with Crippen LogP contribution in [0.15, 0.2) is 127 Å². The van der Waals surface area contributed by atoms with Crippen LogP contribution < -0.4 is 0 Å². The zero-order chi connectivity index (χ0) is 28.1. The lowest BCUT2D eigenvalue weighted by Crippen LogP contribution is -2.02. The van der Waals surface area contributed by atoms with Gasteiger partial charge in [0.15, 0.2) is 0 Å². The van der Waals surface area contributed by atoms with E-state index in [9.17, 15) is 0 Å². The van der Waals surface area contributed by atoms with Crippen LogP contribution in [0.5, 0.6) is 0 Å². The van der Waals surface area contributed by atoms with Crippen molar-refractivity contribution in [3.8, 4) is 17.2 Å². The summed E-state index contributed by atoms with van der Waals surface area (Å²) in [5.41, 5.74) is 5.30. The van der Waals surface area contributed by atoms with Crippen molar-refractivity contribution >= 4 is 95.7 Å². The topological polar surface area (TPSA) is 30.7 Å². The second-order valence-corrected chi connectivity index (χ2v) is 13.1. The number of para-hydroxylation sites is 1. The third-order valence-corrected chi connectivity index (χ3v) is 10.9. The molecule has 0 bridgehead atoms. The van der Waals surface area contributed by atoms with E-state index in [1.54, 1.807) is 11.3 Å². The number of hydrogen-bond donors (Lipinski definition) is 0. The lowest BCUT2D eigenvalue weighted by atomic mass is 10.0. The number of rotatable bonds is 2. The van der Waals surface area contributed by atoms with Crippen LogP contribution in [0.25, 0.3) is 90.3 Å².